The number of nitro benzene ring substituents is 1. The second kappa shape index (κ2) is 6.95. The number of hydrogen-bond donors (Lipinski definition) is 1. The van der Waals surface area contributed by atoms with Crippen molar-refractivity contribution >= 4 is 17.6 Å². The monoisotopic (exact) mass is 358 g/mol. The minimum atomic E-state index is -0.945. The van der Waals surface area contributed by atoms with Gasteiger partial charge in [0.1, 0.15) is 0 Å². The maximum Gasteiger partial charge on any atom is 0.308 e. The Hall–Kier alpha value is -3.23. The number of rotatable bonds is 7. The SMILES string of the molecule is CC(CN(C(=O)c1ccn(-c2ccc([N+](=O)[O-])cc2)n1)C1CC1)C(=O)O. The lowest BCUT2D eigenvalue weighted by molar-refractivity contribution is -0.384. The van der Waals surface area contributed by atoms with E-state index < -0.39 is 16.8 Å². The Morgan fingerprint density at radius 3 is 2.54 bits per heavy atom. The highest BCUT2D eigenvalue weighted by Gasteiger charge is 2.35. The van der Waals surface area contributed by atoms with Crippen molar-refractivity contribution in [3.05, 3.63) is 52.3 Å². The smallest absolute Gasteiger partial charge is 0.308 e. The van der Waals surface area contributed by atoms with E-state index in [1.807, 2.05) is 0 Å². The fourth-order valence-corrected chi connectivity index (χ4v) is 2.61. The van der Waals surface area contributed by atoms with Crippen LogP contribution in [0.25, 0.3) is 5.69 Å². The lowest BCUT2D eigenvalue weighted by atomic mass is 10.1. The summed E-state index contributed by atoms with van der Waals surface area (Å²) >= 11 is 0. The predicted molar refractivity (Wildman–Crippen MR) is 91.1 cm³/mol. The highest BCUT2D eigenvalue weighted by molar-refractivity contribution is 5.93. The van der Waals surface area contributed by atoms with Gasteiger partial charge in [-0.25, -0.2) is 4.68 Å². The topological polar surface area (TPSA) is 119 Å². The minimum Gasteiger partial charge on any atom is -0.481 e. The number of hydrogen-bond acceptors (Lipinski definition) is 5. The van der Waals surface area contributed by atoms with Gasteiger partial charge in [0.25, 0.3) is 11.6 Å². The van der Waals surface area contributed by atoms with E-state index in [9.17, 15) is 19.7 Å². The first kappa shape index (κ1) is 17.6. The maximum absolute atomic E-state index is 12.7. The van der Waals surface area contributed by atoms with E-state index in [4.69, 9.17) is 5.11 Å². The molecule has 1 N–H and O–H groups in total. The lowest BCUT2D eigenvalue weighted by Gasteiger charge is -2.23. The zero-order valence-corrected chi connectivity index (χ0v) is 14.1. The molecule has 9 nitrogen and oxygen atoms in total. The van der Waals surface area contributed by atoms with Crippen LogP contribution in [-0.4, -0.2) is 49.2 Å². The Kier molecular flexibility index (Phi) is 4.70. The quantitative estimate of drug-likeness (QED) is 0.598. The molecule has 9 heteroatoms. The molecule has 1 unspecified atom stereocenters. The van der Waals surface area contributed by atoms with Gasteiger partial charge in [0.05, 0.1) is 16.5 Å². The zero-order valence-electron chi connectivity index (χ0n) is 14.1. The van der Waals surface area contributed by atoms with E-state index in [2.05, 4.69) is 5.10 Å². The summed E-state index contributed by atoms with van der Waals surface area (Å²) in [5.74, 6) is -1.91. The van der Waals surface area contributed by atoms with E-state index >= 15 is 0 Å². The number of nitrogens with zero attached hydrogens (tertiary/aromatic N) is 4. The van der Waals surface area contributed by atoms with Crippen molar-refractivity contribution in [2.45, 2.75) is 25.8 Å². The van der Waals surface area contributed by atoms with Crippen LogP contribution in [0.2, 0.25) is 0 Å². The average Bonchev–Trinajstić information content (AvgIpc) is 3.34. The number of carboxylic acid groups (broad SMARTS) is 1. The van der Waals surface area contributed by atoms with Crippen LogP contribution < -0.4 is 0 Å². The summed E-state index contributed by atoms with van der Waals surface area (Å²) in [7, 11) is 0. The molecule has 0 bridgehead atoms. The summed E-state index contributed by atoms with van der Waals surface area (Å²) in [5, 5.41) is 24.1. The predicted octanol–water partition coefficient (Wildman–Crippen LogP) is 2.11. The molecule has 1 amide bonds. The number of non-ortho nitro benzene ring substituents is 1. The molecule has 1 saturated carbocycles. The van der Waals surface area contributed by atoms with Gasteiger partial charge in [-0.05, 0) is 31.0 Å². The largest absolute Gasteiger partial charge is 0.481 e. The summed E-state index contributed by atoms with van der Waals surface area (Å²) in [6, 6.07) is 7.45. The van der Waals surface area contributed by atoms with E-state index in [0.29, 0.717) is 5.69 Å². The molecule has 2 aromatic rings. The van der Waals surface area contributed by atoms with Crippen LogP contribution >= 0.6 is 0 Å². The van der Waals surface area contributed by atoms with Gasteiger partial charge in [-0.15, -0.1) is 0 Å². The van der Waals surface area contributed by atoms with Crippen molar-refractivity contribution in [2.75, 3.05) is 6.54 Å². The minimum absolute atomic E-state index is 0.0280. The molecule has 1 heterocycles. The van der Waals surface area contributed by atoms with Gasteiger partial charge in [0.15, 0.2) is 5.69 Å². The van der Waals surface area contributed by atoms with Crippen molar-refractivity contribution in [1.82, 2.24) is 14.7 Å². The van der Waals surface area contributed by atoms with E-state index in [0.717, 1.165) is 12.8 Å². The van der Waals surface area contributed by atoms with E-state index in [1.54, 1.807) is 36.2 Å². The number of carboxylic acids is 1. The second-order valence-corrected chi connectivity index (χ2v) is 6.35. The fraction of sp³-hybridized carbons (Fsp3) is 0.353. The van der Waals surface area contributed by atoms with Gasteiger partial charge in [-0.3, -0.25) is 19.7 Å². The van der Waals surface area contributed by atoms with Gasteiger partial charge in [-0.1, -0.05) is 6.92 Å². The van der Waals surface area contributed by atoms with Crippen LogP contribution in [0.1, 0.15) is 30.3 Å². The first-order valence-corrected chi connectivity index (χ1v) is 8.21. The third-order valence-corrected chi connectivity index (χ3v) is 4.27. The molecule has 26 heavy (non-hydrogen) atoms. The third-order valence-electron chi connectivity index (χ3n) is 4.27. The summed E-state index contributed by atoms with van der Waals surface area (Å²) in [6.45, 7) is 1.71. The van der Waals surface area contributed by atoms with Gasteiger partial charge >= 0.3 is 5.97 Å². The summed E-state index contributed by atoms with van der Waals surface area (Å²) in [6.07, 6.45) is 3.32. The number of aromatic nitrogens is 2. The van der Waals surface area contributed by atoms with Crippen LogP contribution in [-0.2, 0) is 4.79 Å². The number of benzene rings is 1. The van der Waals surface area contributed by atoms with Crippen LogP contribution in [0, 0.1) is 16.0 Å². The first-order valence-electron chi connectivity index (χ1n) is 8.21. The Morgan fingerprint density at radius 2 is 2.00 bits per heavy atom. The fourth-order valence-electron chi connectivity index (χ4n) is 2.61. The normalized spacial score (nSPS) is 14.7. The molecule has 0 radical (unpaired) electrons. The van der Waals surface area contributed by atoms with Crippen LogP contribution in [0.15, 0.2) is 36.5 Å². The number of carbonyl (C=O) groups excluding carboxylic acids is 1. The highest BCUT2D eigenvalue weighted by atomic mass is 16.6. The van der Waals surface area contributed by atoms with E-state index in [1.165, 1.54) is 16.8 Å². The highest BCUT2D eigenvalue weighted by Crippen LogP contribution is 2.29. The molecule has 0 spiro atoms. The van der Waals surface area contributed by atoms with Crippen LogP contribution in [0.3, 0.4) is 0 Å². The van der Waals surface area contributed by atoms with Crippen molar-refractivity contribution < 1.29 is 19.6 Å². The molecule has 1 aromatic heterocycles. The zero-order chi connectivity index (χ0) is 18.8. The molecule has 1 atom stereocenters. The lowest BCUT2D eigenvalue weighted by Crippen LogP contribution is -2.38. The van der Waals surface area contributed by atoms with Crippen molar-refractivity contribution in [3.8, 4) is 5.69 Å². The molecule has 1 aliphatic carbocycles. The molecule has 1 aromatic carbocycles. The summed E-state index contributed by atoms with van der Waals surface area (Å²) < 4.78 is 1.46. The van der Waals surface area contributed by atoms with Crippen LogP contribution in [0.5, 0.6) is 0 Å². The Labute approximate surface area is 149 Å². The summed E-state index contributed by atoms with van der Waals surface area (Å²) in [4.78, 5) is 35.6. The van der Waals surface area contributed by atoms with Crippen molar-refractivity contribution in [1.29, 1.82) is 0 Å². The summed E-state index contributed by atoms with van der Waals surface area (Å²) in [5.41, 5.74) is 0.777. The standard InChI is InChI=1S/C17H18N4O5/c1-11(17(23)24)10-19(12-2-3-12)16(22)15-8-9-20(18-15)13-4-6-14(7-5-13)21(25)26/h4-9,11-12H,2-3,10H2,1H3,(H,23,24). The molecular weight excluding hydrogens is 340 g/mol. The van der Waals surface area contributed by atoms with Crippen molar-refractivity contribution in [2.24, 2.45) is 5.92 Å². The van der Waals surface area contributed by atoms with Crippen LogP contribution in [0.4, 0.5) is 5.69 Å². The van der Waals surface area contributed by atoms with Gasteiger partial charge in [-0.2, -0.15) is 5.10 Å². The van der Waals surface area contributed by atoms with E-state index in [-0.39, 0.29) is 29.9 Å². The molecule has 0 saturated heterocycles. The molecular formula is C17H18N4O5. The number of amides is 1. The number of aliphatic carboxylic acids is 1. The Morgan fingerprint density at radius 1 is 1.35 bits per heavy atom. The van der Waals surface area contributed by atoms with Crippen molar-refractivity contribution in [3.63, 3.8) is 0 Å². The maximum atomic E-state index is 12.7. The number of carbonyl (C=O) groups is 2. The Bertz CT molecular complexity index is 841. The molecule has 1 aliphatic rings. The molecule has 3 rings (SSSR count). The molecule has 136 valence electrons. The second-order valence-electron chi connectivity index (χ2n) is 6.35. The molecule has 0 aliphatic heterocycles. The first-order chi connectivity index (χ1) is 12.4. The van der Waals surface area contributed by atoms with Gasteiger partial charge in [0.2, 0.25) is 0 Å². The van der Waals surface area contributed by atoms with Gasteiger partial charge in [0, 0.05) is 30.9 Å². The number of nitro groups is 1. The average molecular weight is 358 g/mol. The molecule has 1 fully saturated rings. The third kappa shape index (κ3) is 3.71. The van der Waals surface area contributed by atoms with Gasteiger partial charge < -0.3 is 10.0 Å². The Balaban J connectivity index is 1.78.